The highest BCUT2D eigenvalue weighted by atomic mass is 35.5. The molecule has 0 bridgehead atoms. The first-order valence-electron chi connectivity index (χ1n) is 9.19. The van der Waals surface area contributed by atoms with Gasteiger partial charge in [0.25, 0.3) is 5.91 Å². The van der Waals surface area contributed by atoms with Gasteiger partial charge in [0, 0.05) is 16.4 Å². The summed E-state index contributed by atoms with van der Waals surface area (Å²) in [5.41, 5.74) is 0.193. The van der Waals surface area contributed by atoms with Crippen LogP contribution >= 0.6 is 22.9 Å². The fourth-order valence-corrected chi connectivity index (χ4v) is 5.83. The molecule has 0 aliphatic carbocycles. The Morgan fingerprint density at radius 2 is 1.74 bits per heavy atom. The molecule has 1 unspecified atom stereocenters. The van der Waals surface area contributed by atoms with Crippen LogP contribution in [0.2, 0.25) is 5.02 Å². The van der Waals surface area contributed by atoms with Gasteiger partial charge < -0.3 is 0 Å². The number of nitrogens with zero attached hydrogens (tertiary/aromatic N) is 2. The van der Waals surface area contributed by atoms with Gasteiger partial charge in [0.1, 0.15) is 11.9 Å². The first kappa shape index (κ1) is 21.6. The molecule has 1 aliphatic rings. The van der Waals surface area contributed by atoms with E-state index in [0.717, 1.165) is 26.2 Å². The molecule has 160 valence electrons. The Labute approximate surface area is 187 Å². The first-order valence-corrected chi connectivity index (χ1v) is 11.9. The van der Waals surface area contributed by atoms with Crippen LogP contribution in [0.5, 0.6) is 0 Å². The fraction of sp³-hybridized carbons (Fsp3) is 0.143. The number of imide groups is 1. The lowest BCUT2D eigenvalue weighted by Crippen LogP contribution is -2.44. The standard InChI is InChI=1S/C21H16ClFN2O4S2/c22-14-3-9-18(10-4-14)31(28,29)24(13-17-2-1-11-30-17)19-12-20(26)25(21(19)27)16-7-5-15(23)6-8-16/h1-11,19H,12-13H2. The van der Waals surface area contributed by atoms with Crippen LogP contribution in [0.1, 0.15) is 11.3 Å². The summed E-state index contributed by atoms with van der Waals surface area (Å²) in [7, 11) is -4.12. The number of hydrogen-bond donors (Lipinski definition) is 0. The van der Waals surface area contributed by atoms with Crippen molar-refractivity contribution in [1.29, 1.82) is 0 Å². The summed E-state index contributed by atoms with van der Waals surface area (Å²) in [5.74, 6) is -1.74. The van der Waals surface area contributed by atoms with Gasteiger partial charge in [0.15, 0.2) is 0 Å². The van der Waals surface area contributed by atoms with Gasteiger partial charge in [-0.15, -0.1) is 11.3 Å². The van der Waals surface area contributed by atoms with Crippen molar-refractivity contribution in [2.75, 3.05) is 4.90 Å². The zero-order valence-corrected chi connectivity index (χ0v) is 18.3. The van der Waals surface area contributed by atoms with E-state index >= 15 is 0 Å². The number of halogens is 2. The Kier molecular flexibility index (Phi) is 5.94. The highest BCUT2D eigenvalue weighted by Gasteiger charge is 2.47. The highest BCUT2D eigenvalue weighted by Crippen LogP contribution is 2.31. The number of anilines is 1. The summed E-state index contributed by atoms with van der Waals surface area (Å²) in [6, 6.07) is 12.8. The van der Waals surface area contributed by atoms with E-state index in [1.165, 1.54) is 47.7 Å². The minimum atomic E-state index is -4.12. The van der Waals surface area contributed by atoms with Crippen LogP contribution < -0.4 is 4.90 Å². The average molecular weight is 479 g/mol. The molecule has 2 amide bonds. The van der Waals surface area contributed by atoms with Crippen LogP contribution in [0.4, 0.5) is 10.1 Å². The Bertz CT molecular complexity index is 1210. The molecule has 6 nitrogen and oxygen atoms in total. The van der Waals surface area contributed by atoms with E-state index in [9.17, 15) is 22.4 Å². The first-order chi connectivity index (χ1) is 14.8. The lowest BCUT2D eigenvalue weighted by Gasteiger charge is -2.26. The van der Waals surface area contributed by atoms with Crippen molar-refractivity contribution in [2.45, 2.75) is 23.9 Å². The molecule has 1 aromatic heterocycles. The second-order valence-electron chi connectivity index (χ2n) is 6.85. The number of sulfonamides is 1. The predicted molar refractivity (Wildman–Crippen MR) is 116 cm³/mol. The smallest absolute Gasteiger partial charge is 0.252 e. The maximum atomic E-state index is 13.5. The van der Waals surface area contributed by atoms with Gasteiger partial charge in [-0.05, 0) is 60.0 Å². The number of rotatable bonds is 6. The van der Waals surface area contributed by atoms with E-state index in [4.69, 9.17) is 11.6 Å². The second-order valence-corrected chi connectivity index (χ2v) is 10.2. The van der Waals surface area contributed by atoms with Crippen LogP contribution in [-0.2, 0) is 26.2 Å². The molecule has 2 heterocycles. The van der Waals surface area contributed by atoms with Crippen molar-refractivity contribution >= 4 is 50.5 Å². The zero-order chi connectivity index (χ0) is 22.2. The number of benzene rings is 2. The Hall–Kier alpha value is -2.59. The number of thiophene rings is 1. The van der Waals surface area contributed by atoms with Crippen LogP contribution in [0.15, 0.2) is 70.9 Å². The lowest BCUT2D eigenvalue weighted by molar-refractivity contribution is -0.122. The third-order valence-corrected chi connectivity index (χ3v) is 7.85. The van der Waals surface area contributed by atoms with E-state index in [2.05, 4.69) is 0 Å². The van der Waals surface area contributed by atoms with E-state index in [-0.39, 0.29) is 23.5 Å². The molecular formula is C21H16ClFN2O4S2. The lowest BCUT2D eigenvalue weighted by atomic mass is 10.2. The van der Waals surface area contributed by atoms with Crippen LogP contribution in [0, 0.1) is 5.82 Å². The third-order valence-electron chi connectivity index (χ3n) is 4.87. The van der Waals surface area contributed by atoms with Crippen LogP contribution in [-0.4, -0.2) is 30.6 Å². The third kappa shape index (κ3) is 4.27. The summed E-state index contributed by atoms with van der Waals surface area (Å²) >= 11 is 7.23. The molecule has 2 aromatic carbocycles. The summed E-state index contributed by atoms with van der Waals surface area (Å²) < 4.78 is 41.2. The Morgan fingerprint density at radius 1 is 1.06 bits per heavy atom. The molecule has 31 heavy (non-hydrogen) atoms. The van der Waals surface area contributed by atoms with Gasteiger partial charge in [0.05, 0.1) is 17.0 Å². The van der Waals surface area contributed by atoms with Crippen LogP contribution in [0.25, 0.3) is 0 Å². The predicted octanol–water partition coefficient (Wildman–Crippen LogP) is 4.06. The number of carbonyl (C=O) groups excluding carboxylic acids is 2. The van der Waals surface area contributed by atoms with Gasteiger partial charge in [-0.1, -0.05) is 17.7 Å². The van der Waals surface area contributed by atoms with E-state index in [0.29, 0.717) is 5.02 Å². The SMILES string of the molecule is O=C1CC(N(Cc2cccs2)S(=O)(=O)c2ccc(Cl)cc2)C(=O)N1c1ccc(F)cc1. The van der Waals surface area contributed by atoms with E-state index < -0.39 is 33.7 Å². The maximum absolute atomic E-state index is 13.5. The van der Waals surface area contributed by atoms with Crippen LogP contribution in [0.3, 0.4) is 0 Å². The molecule has 0 saturated carbocycles. The van der Waals surface area contributed by atoms with E-state index in [1.54, 1.807) is 17.5 Å². The van der Waals surface area contributed by atoms with Crippen molar-refractivity contribution in [2.24, 2.45) is 0 Å². The fourth-order valence-electron chi connectivity index (χ4n) is 3.36. The van der Waals surface area contributed by atoms with Crippen molar-refractivity contribution < 1.29 is 22.4 Å². The second kappa shape index (κ2) is 8.51. The summed E-state index contributed by atoms with van der Waals surface area (Å²) in [6.45, 7) is -0.0659. The molecule has 10 heteroatoms. The van der Waals surface area contributed by atoms with Crippen molar-refractivity contribution in [1.82, 2.24) is 4.31 Å². The summed E-state index contributed by atoms with van der Waals surface area (Å²) in [5, 5.41) is 2.17. The minimum Gasteiger partial charge on any atom is -0.274 e. The molecule has 0 spiro atoms. The van der Waals surface area contributed by atoms with Gasteiger partial charge in [-0.3, -0.25) is 9.59 Å². The number of hydrogen-bond acceptors (Lipinski definition) is 5. The topological polar surface area (TPSA) is 74.8 Å². The van der Waals surface area contributed by atoms with Gasteiger partial charge in [-0.2, -0.15) is 4.31 Å². The largest absolute Gasteiger partial charge is 0.274 e. The molecule has 1 saturated heterocycles. The van der Waals surface area contributed by atoms with Crippen molar-refractivity contribution in [3.63, 3.8) is 0 Å². The number of carbonyl (C=O) groups is 2. The molecule has 1 atom stereocenters. The molecule has 0 N–H and O–H groups in total. The molecule has 0 radical (unpaired) electrons. The van der Waals surface area contributed by atoms with Gasteiger partial charge in [0.2, 0.25) is 15.9 Å². The van der Waals surface area contributed by atoms with Gasteiger partial charge in [-0.25, -0.2) is 17.7 Å². The molecular weight excluding hydrogens is 463 g/mol. The average Bonchev–Trinajstić information content (AvgIpc) is 3.35. The van der Waals surface area contributed by atoms with Crippen molar-refractivity contribution in [3.05, 3.63) is 81.8 Å². The molecule has 3 aromatic rings. The Morgan fingerprint density at radius 3 is 2.35 bits per heavy atom. The molecule has 1 fully saturated rings. The quantitative estimate of drug-likeness (QED) is 0.501. The monoisotopic (exact) mass is 478 g/mol. The summed E-state index contributed by atoms with van der Waals surface area (Å²) in [6.07, 6.45) is -0.311. The van der Waals surface area contributed by atoms with E-state index in [1.807, 2.05) is 0 Å². The normalized spacial score (nSPS) is 17.0. The maximum Gasteiger partial charge on any atom is 0.252 e. The molecule has 4 rings (SSSR count). The number of amides is 2. The highest BCUT2D eigenvalue weighted by molar-refractivity contribution is 7.89. The Balaban J connectivity index is 1.73. The summed E-state index contributed by atoms with van der Waals surface area (Å²) in [4.78, 5) is 27.5. The van der Waals surface area contributed by atoms with Crippen molar-refractivity contribution in [3.8, 4) is 0 Å². The van der Waals surface area contributed by atoms with Gasteiger partial charge >= 0.3 is 0 Å². The molecule has 1 aliphatic heterocycles. The minimum absolute atomic E-state index is 0.0334. The zero-order valence-electron chi connectivity index (χ0n) is 15.9.